The first-order valence-corrected chi connectivity index (χ1v) is 5.29. The second-order valence-corrected chi connectivity index (χ2v) is 4.61. The lowest BCUT2D eigenvalue weighted by molar-refractivity contribution is -0.119. The minimum atomic E-state index is 0.525. The lowest BCUT2D eigenvalue weighted by atomic mass is 9.87. The Morgan fingerprint density at radius 1 is 1.25 bits per heavy atom. The molecular weight excluding hydrogens is 148 g/mol. The summed E-state index contributed by atoms with van der Waals surface area (Å²) in [5.74, 6) is 3.06. The van der Waals surface area contributed by atoms with Gasteiger partial charge in [0.2, 0.25) is 0 Å². The second kappa shape index (κ2) is 3.20. The minimum absolute atomic E-state index is 0.525. The highest BCUT2D eigenvalue weighted by Gasteiger charge is 2.35. The summed E-state index contributed by atoms with van der Waals surface area (Å²) in [6.45, 7) is 2.36. The number of fused-ring (bicyclic) bond motifs is 1. The standard InChI is InChI=1S/C11H18O/c1-8-5-6-9-7-10(12)3-2-4-11(8)9/h8-9,11H,2-7H2,1H3. The molecule has 0 aromatic carbocycles. The molecule has 12 heavy (non-hydrogen) atoms. The van der Waals surface area contributed by atoms with Crippen molar-refractivity contribution in [3.05, 3.63) is 0 Å². The van der Waals surface area contributed by atoms with Gasteiger partial charge in [0.1, 0.15) is 5.78 Å². The predicted octanol–water partition coefficient (Wildman–Crippen LogP) is 2.79. The van der Waals surface area contributed by atoms with Crippen LogP contribution in [-0.4, -0.2) is 5.78 Å². The Balaban J connectivity index is 2.07. The van der Waals surface area contributed by atoms with E-state index in [1.165, 1.54) is 19.3 Å². The highest BCUT2D eigenvalue weighted by Crippen LogP contribution is 2.43. The normalized spacial score (nSPS) is 42.4. The van der Waals surface area contributed by atoms with Gasteiger partial charge in [-0.25, -0.2) is 0 Å². The van der Waals surface area contributed by atoms with Crippen LogP contribution in [0.25, 0.3) is 0 Å². The summed E-state index contributed by atoms with van der Waals surface area (Å²) in [4.78, 5) is 11.3. The lowest BCUT2D eigenvalue weighted by Crippen LogP contribution is -2.12. The molecule has 2 saturated carbocycles. The molecule has 0 aliphatic heterocycles. The number of Topliss-reactive ketones (excluding diaryl/α,β-unsaturated/α-hetero) is 1. The van der Waals surface area contributed by atoms with E-state index in [0.717, 1.165) is 37.0 Å². The fraction of sp³-hybridized carbons (Fsp3) is 0.909. The Labute approximate surface area is 74.5 Å². The molecule has 2 fully saturated rings. The van der Waals surface area contributed by atoms with Crippen LogP contribution in [0.3, 0.4) is 0 Å². The van der Waals surface area contributed by atoms with Crippen LogP contribution in [0.15, 0.2) is 0 Å². The molecule has 0 aromatic heterocycles. The van der Waals surface area contributed by atoms with Crippen molar-refractivity contribution in [2.45, 2.75) is 45.4 Å². The van der Waals surface area contributed by atoms with Gasteiger partial charge in [0.15, 0.2) is 0 Å². The third kappa shape index (κ3) is 1.41. The Kier molecular flexibility index (Phi) is 2.20. The van der Waals surface area contributed by atoms with Crippen LogP contribution in [0.5, 0.6) is 0 Å². The van der Waals surface area contributed by atoms with Gasteiger partial charge >= 0.3 is 0 Å². The molecule has 0 N–H and O–H groups in total. The summed E-state index contributed by atoms with van der Waals surface area (Å²) in [5, 5.41) is 0. The van der Waals surface area contributed by atoms with E-state index < -0.39 is 0 Å². The summed E-state index contributed by atoms with van der Waals surface area (Å²) in [7, 11) is 0. The maximum absolute atomic E-state index is 11.3. The highest BCUT2D eigenvalue weighted by molar-refractivity contribution is 5.78. The van der Waals surface area contributed by atoms with Crippen molar-refractivity contribution >= 4 is 5.78 Å². The summed E-state index contributed by atoms with van der Waals surface area (Å²) in [6.07, 6.45) is 6.91. The van der Waals surface area contributed by atoms with Gasteiger partial charge in [-0.3, -0.25) is 4.79 Å². The van der Waals surface area contributed by atoms with Gasteiger partial charge in [-0.05, 0) is 37.0 Å². The average Bonchev–Trinajstić information content (AvgIpc) is 2.31. The fourth-order valence-corrected chi connectivity index (χ4v) is 3.07. The third-order valence-electron chi connectivity index (χ3n) is 3.81. The predicted molar refractivity (Wildman–Crippen MR) is 48.9 cm³/mol. The summed E-state index contributed by atoms with van der Waals surface area (Å²) < 4.78 is 0. The molecule has 3 atom stereocenters. The van der Waals surface area contributed by atoms with E-state index in [-0.39, 0.29) is 0 Å². The largest absolute Gasteiger partial charge is 0.300 e. The molecule has 68 valence electrons. The number of hydrogen-bond donors (Lipinski definition) is 0. The Bertz CT molecular complexity index is 185. The van der Waals surface area contributed by atoms with Crippen LogP contribution < -0.4 is 0 Å². The molecule has 0 bridgehead atoms. The smallest absolute Gasteiger partial charge is 0.133 e. The fourth-order valence-electron chi connectivity index (χ4n) is 3.07. The van der Waals surface area contributed by atoms with Crippen LogP contribution in [0.2, 0.25) is 0 Å². The zero-order valence-electron chi connectivity index (χ0n) is 7.88. The van der Waals surface area contributed by atoms with Crippen molar-refractivity contribution in [2.75, 3.05) is 0 Å². The molecule has 0 saturated heterocycles. The van der Waals surface area contributed by atoms with E-state index in [1.54, 1.807) is 0 Å². The van der Waals surface area contributed by atoms with Gasteiger partial charge in [0.25, 0.3) is 0 Å². The number of ketones is 1. The number of carbonyl (C=O) groups is 1. The van der Waals surface area contributed by atoms with Gasteiger partial charge in [-0.2, -0.15) is 0 Å². The Hall–Kier alpha value is -0.330. The molecule has 1 nitrogen and oxygen atoms in total. The first-order chi connectivity index (χ1) is 5.77. The zero-order valence-corrected chi connectivity index (χ0v) is 7.88. The van der Waals surface area contributed by atoms with Crippen molar-refractivity contribution in [3.63, 3.8) is 0 Å². The summed E-state index contributed by atoms with van der Waals surface area (Å²) >= 11 is 0. The van der Waals surface area contributed by atoms with E-state index in [4.69, 9.17) is 0 Å². The molecular formula is C11H18O. The van der Waals surface area contributed by atoms with Crippen LogP contribution in [0.4, 0.5) is 0 Å². The monoisotopic (exact) mass is 166 g/mol. The molecule has 0 amide bonds. The van der Waals surface area contributed by atoms with Crippen LogP contribution in [0, 0.1) is 17.8 Å². The van der Waals surface area contributed by atoms with Gasteiger partial charge in [-0.1, -0.05) is 13.3 Å². The second-order valence-electron chi connectivity index (χ2n) is 4.61. The topological polar surface area (TPSA) is 17.1 Å². The Morgan fingerprint density at radius 3 is 2.92 bits per heavy atom. The van der Waals surface area contributed by atoms with Gasteiger partial charge < -0.3 is 0 Å². The summed E-state index contributed by atoms with van der Waals surface area (Å²) in [5.41, 5.74) is 0. The van der Waals surface area contributed by atoms with Crippen LogP contribution >= 0.6 is 0 Å². The van der Waals surface area contributed by atoms with Gasteiger partial charge in [0, 0.05) is 12.8 Å². The molecule has 1 heteroatoms. The molecule has 0 aromatic rings. The van der Waals surface area contributed by atoms with E-state index in [1.807, 2.05) is 0 Å². The number of carbonyl (C=O) groups excluding carboxylic acids is 1. The first kappa shape index (κ1) is 8.28. The van der Waals surface area contributed by atoms with Gasteiger partial charge in [0.05, 0.1) is 0 Å². The molecule has 2 aliphatic carbocycles. The maximum Gasteiger partial charge on any atom is 0.133 e. The number of rotatable bonds is 0. The van der Waals surface area contributed by atoms with Gasteiger partial charge in [-0.15, -0.1) is 0 Å². The minimum Gasteiger partial charge on any atom is -0.300 e. The maximum atomic E-state index is 11.3. The molecule has 0 spiro atoms. The van der Waals surface area contributed by atoms with Crippen molar-refractivity contribution in [3.8, 4) is 0 Å². The molecule has 2 rings (SSSR count). The van der Waals surface area contributed by atoms with Crippen LogP contribution in [0.1, 0.15) is 45.4 Å². The van der Waals surface area contributed by atoms with E-state index in [0.29, 0.717) is 5.78 Å². The zero-order chi connectivity index (χ0) is 8.55. The lowest BCUT2D eigenvalue weighted by Gasteiger charge is -2.18. The molecule has 0 radical (unpaired) electrons. The Morgan fingerprint density at radius 2 is 2.08 bits per heavy atom. The van der Waals surface area contributed by atoms with Crippen molar-refractivity contribution in [1.82, 2.24) is 0 Å². The SMILES string of the molecule is CC1CCC2CC(=O)CCCC12. The molecule has 0 heterocycles. The van der Waals surface area contributed by atoms with Crippen LogP contribution in [-0.2, 0) is 4.79 Å². The van der Waals surface area contributed by atoms with E-state index >= 15 is 0 Å². The quantitative estimate of drug-likeness (QED) is 0.541. The summed E-state index contributed by atoms with van der Waals surface area (Å²) in [6, 6.07) is 0. The van der Waals surface area contributed by atoms with E-state index in [2.05, 4.69) is 6.92 Å². The van der Waals surface area contributed by atoms with Crippen molar-refractivity contribution in [1.29, 1.82) is 0 Å². The first-order valence-electron chi connectivity index (χ1n) is 5.29. The van der Waals surface area contributed by atoms with Crippen molar-refractivity contribution < 1.29 is 4.79 Å². The average molecular weight is 166 g/mol. The number of hydrogen-bond acceptors (Lipinski definition) is 1. The molecule has 2 aliphatic rings. The van der Waals surface area contributed by atoms with Crippen molar-refractivity contribution in [2.24, 2.45) is 17.8 Å². The highest BCUT2D eigenvalue weighted by atomic mass is 16.1. The van der Waals surface area contributed by atoms with E-state index in [9.17, 15) is 4.79 Å². The third-order valence-corrected chi connectivity index (χ3v) is 3.81. The molecule has 3 unspecified atom stereocenters.